The van der Waals surface area contributed by atoms with Crippen LogP contribution in [-0.2, 0) is 6.54 Å². The molecular formula is C29H30N8O. The number of piperidine rings is 1. The Hall–Kier alpha value is -4.24. The van der Waals surface area contributed by atoms with Crippen molar-refractivity contribution >= 4 is 23.5 Å². The molecule has 3 fully saturated rings. The molecule has 3 saturated heterocycles. The number of aliphatic imine (C=N–C) groups is 1. The predicted molar refractivity (Wildman–Crippen MR) is 147 cm³/mol. The highest BCUT2D eigenvalue weighted by Gasteiger charge is 2.44. The van der Waals surface area contributed by atoms with Crippen molar-refractivity contribution in [2.75, 3.05) is 30.0 Å². The molecule has 3 aromatic heterocycles. The van der Waals surface area contributed by atoms with Crippen molar-refractivity contribution in [3.63, 3.8) is 0 Å². The van der Waals surface area contributed by atoms with E-state index in [1.165, 1.54) is 12.0 Å². The molecule has 9 nitrogen and oxygen atoms in total. The van der Waals surface area contributed by atoms with Crippen LogP contribution in [0.2, 0.25) is 0 Å². The first kappa shape index (κ1) is 22.9. The van der Waals surface area contributed by atoms with Crippen molar-refractivity contribution in [3.05, 3.63) is 89.4 Å². The molecule has 0 radical (unpaired) electrons. The number of aryl methyl sites for hydroxylation is 1. The fraction of sp³-hybridized carbons (Fsp3) is 0.310. The lowest BCUT2D eigenvalue weighted by Gasteiger charge is -2.56. The molecule has 0 saturated carbocycles. The second-order valence-electron chi connectivity index (χ2n) is 10.3. The minimum Gasteiger partial charge on any atom is -0.481 e. The van der Waals surface area contributed by atoms with Gasteiger partial charge < -0.3 is 9.64 Å². The average Bonchev–Trinajstić information content (AvgIpc) is 3.41. The molecule has 8 rings (SSSR count). The number of aromatic nitrogens is 4. The summed E-state index contributed by atoms with van der Waals surface area (Å²) in [7, 11) is 1.65. The van der Waals surface area contributed by atoms with Crippen LogP contribution in [0.15, 0.2) is 72.0 Å². The van der Waals surface area contributed by atoms with E-state index in [9.17, 15) is 0 Å². The van der Waals surface area contributed by atoms with Gasteiger partial charge in [-0.2, -0.15) is 5.10 Å². The van der Waals surface area contributed by atoms with Crippen LogP contribution in [0, 0.1) is 6.92 Å². The van der Waals surface area contributed by atoms with Crippen LogP contribution in [0.4, 0.5) is 17.3 Å². The first-order chi connectivity index (χ1) is 18.7. The zero-order valence-electron chi connectivity index (χ0n) is 21.5. The number of hydrogen-bond acceptors (Lipinski definition) is 8. The monoisotopic (exact) mass is 506 g/mol. The Morgan fingerprint density at radius 3 is 2.55 bits per heavy atom. The summed E-state index contributed by atoms with van der Waals surface area (Å²) in [6.45, 7) is 4.91. The Morgan fingerprint density at radius 1 is 0.974 bits per heavy atom. The lowest BCUT2D eigenvalue weighted by molar-refractivity contribution is -0.00877. The Kier molecular flexibility index (Phi) is 5.58. The van der Waals surface area contributed by atoms with Gasteiger partial charge in [0.15, 0.2) is 12.0 Å². The number of benzene rings is 1. The Bertz CT molecular complexity index is 1450. The molecule has 38 heavy (non-hydrogen) atoms. The largest absolute Gasteiger partial charge is 0.481 e. The van der Waals surface area contributed by atoms with Crippen molar-refractivity contribution in [3.8, 4) is 5.88 Å². The van der Waals surface area contributed by atoms with Crippen LogP contribution < -0.4 is 14.5 Å². The Labute approximate surface area is 221 Å². The van der Waals surface area contributed by atoms with Gasteiger partial charge in [-0.25, -0.2) is 9.97 Å². The first-order valence-electron chi connectivity index (χ1n) is 13.1. The van der Waals surface area contributed by atoms with Gasteiger partial charge in [-0.3, -0.25) is 19.9 Å². The van der Waals surface area contributed by atoms with Crippen LogP contribution in [0.25, 0.3) is 0 Å². The summed E-state index contributed by atoms with van der Waals surface area (Å²) < 4.78 is 5.19. The van der Waals surface area contributed by atoms with Crippen LogP contribution in [0.1, 0.15) is 35.0 Å². The molecule has 0 aliphatic carbocycles. The topological polar surface area (TPSA) is 85.8 Å². The van der Waals surface area contributed by atoms with Crippen LogP contribution in [0.3, 0.4) is 0 Å². The van der Waals surface area contributed by atoms with E-state index < -0.39 is 0 Å². The third-order valence-corrected chi connectivity index (χ3v) is 7.84. The quantitative estimate of drug-likeness (QED) is 0.418. The summed E-state index contributed by atoms with van der Waals surface area (Å²) in [6.07, 6.45) is 6.86. The number of fused-ring (bicyclic) bond motifs is 3. The van der Waals surface area contributed by atoms with E-state index in [0.717, 1.165) is 53.8 Å². The lowest BCUT2D eigenvalue weighted by Crippen LogP contribution is -2.68. The highest BCUT2D eigenvalue weighted by Crippen LogP contribution is 2.40. The minimum absolute atomic E-state index is 0.225. The molecule has 0 spiro atoms. The fourth-order valence-electron chi connectivity index (χ4n) is 5.88. The van der Waals surface area contributed by atoms with E-state index >= 15 is 0 Å². The number of rotatable bonds is 6. The molecule has 4 aliphatic heterocycles. The first-order valence-corrected chi connectivity index (χ1v) is 13.1. The second-order valence-corrected chi connectivity index (χ2v) is 10.3. The fourth-order valence-corrected chi connectivity index (χ4v) is 5.88. The van der Waals surface area contributed by atoms with E-state index in [1.54, 1.807) is 7.11 Å². The number of aromatic amines is 1. The maximum atomic E-state index is 5.19. The molecule has 0 amide bonds. The molecule has 1 N–H and O–H groups in total. The maximum absolute atomic E-state index is 5.19. The number of ether oxygens (including phenoxy) is 1. The molecule has 9 heteroatoms. The summed E-state index contributed by atoms with van der Waals surface area (Å²) in [5, 5.41) is 7.62. The number of pyridine rings is 2. The number of nitrogens with zero attached hydrogens (tertiary/aromatic N) is 7. The van der Waals surface area contributed by atoms with Gasteiger partial charge >= 0.3 is 0 Å². The Morgan fingerprint density at radius 2 is 1.84 bits per heavy atom. The van der Waals surface area contributed by atoms with Crippen molar-refractivity contribution in [2.45, 2.75) is 38.1 Å². The maximum Gasteiger partial charge on any atom is 0.212 e. The summed E-state index contributed by atoms with van der Waals surface area (Å²) in [6, 6.07) is 19.8. The molecule has 7 heterocycles. The third kappa shape index (κ3) is 3.99. The smallest absolute Gasteiger partial charge is 0.212 e. The van der Waals surface area contributed by atoms with Crippen molar-refractivity contribution in [1.29, 1.82) is 0 Å². The van der Waals surface area contributed by atoms with Gasteiger partial charge in [-0.15, -0.1) is 0 Å². The highest BCUT2D eigenvalue weighted by atomic mass is 16.5. The van der Waals surface area contributed by atoms with Gasteiger partial charge in [-0.05, 0) is 37.1 Å². The van der Waals surface area contributed by atoms with E-state index in [2.05, 4.69) is 72.3 Å². The number of hydrogen-bond donors (Lipinski definition) is 1. The average molecular weight is 507 g/mol. The zero-order chi connectivity index (χ0) is 25.6. The van der Waals surface area contributed by atoms with Gasteiger partial charge in [-0.1, -0.05) is 24.3 Å². The molecule has 4 aromatic rings. The summed E-state index contributed by atoms with van der Waals surface area (Å²) >= 11 is 0. The lowest BCUT2D eigenvalue weighted by atomic mass is 9.87. The van der Waals surface area contributed by atoms with E-state index in [-0.39, 0.29) is 6.17 Å². The van der Waals surface area contributed by atoms with Crippen molar-refractivity contribution < 1.29 is 4.74 Å². The molecule has 1 aromatic carbocycles. The molecule has 2 bridgehead atoms. The molecule has 192 valence electrons. The standard InChI is InChI=1S/C29H30N8O/c1-19-11-27(34-33-19)37-25-6-4-3-5-21(25)14-32-29(37)22-8-9-26(30-15-22)35-17-23-12-24(18-35)36(23)16-20-7-10-28(38-2)31-13-20/h3-11,13-15,23-24,29H,12,16-18H2,1-2H3,(H,33,34). The van der Waals surface area contributed by atoms with Gasteiger partial charge in [0, 0.05) is 79.3 Å². The summed E-state index contributed by atoms with van der Waals surface area (Å²) in [4.78, 5) is 21.4. The number of piperazine rings is 1. The van der Waals surface area contributed by atoms with E-state index in [0.29, 0.717) is 18.0 Å². The molecule has 3 unspecified atom stereocenters. The van der Waals surface area contributed by atoms with Crippen LogP contribution in [0.5, 0.6) is 5.88 Å². The SMILES string of the molecule is COc1ccc(CN2C3CC2CN(c2ccc(C4N=Cc5ccccc5N4c4cc(C)[nH]n4)cn2)C3)cn1. The predicted octanol–water partition coefficient (Wildman–Crippen LogP) is 4.25. The summed E-state index contributed by atoms with van der Waals surface area (Å²) in [5.41, 5.74) is 5.45. The van der Waals surface area contributed by atoms with Crippen LogP contribution >= 0.6 is 0 Å². The van der Waals surface area contributed by atoms with Gasteiger partial charge in [0.1, 0.15) is 5.82 Å². The van der Waals surface area contributed by atoms with Crippen molar-refractivity contribution in [1.82, 2.24) is 25.1 Å². The second kappa shape index (κ2) is 9.25. The van der Waals surface area contributed by atoms with Gasteiger partial charge in [0.2, 0.25) is 5.88 Å². The van der Waals surface area contributed by atoms with E-state index in [1.807, 2.05) is 37.7 Å². The molecule has 3 atom stereocenters. The number of para-hydroxylation sites is 1. The minimum atomic E-state index is -0.225. The normalized spacial score (nSPS) is 22.2. The number of anilines is 3. The number of H-pyrrole nitrogens is 1. The van der Waals surface area contributed by atoms with E-state index in [4.69, 9.17) is 14.7 Å². The zero-order valence-corrected chi connectivity index (χ0v) is 21.5. The molecule has 4 aliphatic rings. The van der Waals surface area contributed by atoms with Gasteiger partial charge in [0.05, 0.1) is 12.8 Å². The summed E-state index contributed by atoms with van der Waals surface area (Å²) in [5.74, 6) is 2.53. The van der Waals surface area contributed by atoms with Gasteiger partial charge in [0.25, 0.3) is 0 Å². The van der Waals surface area contributed by atoms with Crippen molar-refractivity contribution in [2.24, 2.45) is 4.99 Å². The van der Waals surface area contributed by atoms with Crippen LogP contribution in [-0.4, -0.2) is 63.6 Å². The highest BCUT2D eigenvalue weighted by molar-refractivity contribution is 5.92. The number of methoxy groups -OCH3 is 1. The third-order valence-electron chi connectivity index (χ3n) is 7.84. The molecular weight excluding hydrogens is 476 g/mol. The number of nitrogens with one attached hydrogen (secondary N) is 1. The Balaban J connectivity index is 1.07.